The molecule has 5 aromatic heterocycles. The maximum absolute atomic E-state index is 14.6. The van der Waals surface area contributed by atoms with Gasteiger partial charge in [0.25, 0.3) is 0 Å². The number of benzene rings is 1. The molecule has 0 bridgehead atoms. The quantitative estimate of drug-likeness (QED) is 0.225. The highest BCUT2D eigenvalue weighted by Crippen LogP contribution is 2.34. The molecule has 0 aliphatic carbocycles. The lowest BCUT2D eigenvalue weighted by molar-refractivity contribution is 0.260. The molecule has 6 aromatic rings. The molecule has 1 aromatic carbocycles. The molecule has 6 rings (SSSR count). The van der Waals surface area contributed by atoms with E-state index in [1.165, 1.54) is 12.1 Å². The number of ether oxygens (including phenoxy) is 2. The Bertz CT molecular complexity index is 1880. The Hall–Kier alpha value is -4.94. The van der Waals surface area contributed by atoms with Crippen molar-refractivity contribution in [3.8, 4) is 45.4 Å². The second kappa shape index (κ2) is 12.1. The molecule has 0 fully saturated rings. The predicted octanol–water partition coefficient (Wildman–Crippen LogP) is 4.65. The predicted molar refractivity (Wildman–Crippen MR) is 163 cm³/mol. The number of H-pyrrole nitrogens is 2. The van der Waals surface area contributed by atoms with Gasteiger partial charge in [-0.15, -0.1) is 0 Å². The van der Waals surface area contributed by atoms with Crippen LogP contribution in [0.25, 0.3) is 55.8 Å². The Morgan fingerprint density at radius 3 is 2.30 bits per heavy atom. The Kier molecular flexibility index (Phi) is 7.95. The van der Waals surface area contributed by atoms with Crippen molar-refractivity contribution in [1.82, 2.24) is 44.9 Å². The standard InChI is InChI=1S/C31H32FN9O2/c1-40(2)5-7-42-22-10-19(9-21(32)12-22)25-16-34-17-28-29(25)37-31(36-28)30-24-13-26(35-18-27(24)38-39-30)20-11-23(15-33-14-20)43-8-6-41(3)4/h9-18H,5-8H2,1-4H3,(H,36,37)(H,38,39). The first kappa shape index (κ1) is 28.2. The number of likely N-dealkylation sites (N-methyl/N-ethyl adjacent to an activating group) is 2. The molecular weight excluding hydrogens is 549 g/mol. The van der Waals surface area contributed by atoms with Gasteiger partial charge in [-0.1, -0.05) is 0 Å². The number of fused-ring (bicyclic) bond motifs is 2. The van der Waals surface area contributed by atoms with Crippen LogP contribution in [-0.4, -0.2) is 99.4 Å². The van der Waals surface area contributed by atoms with Gasteiger partial charge in [0.05, 0.1) is 40.8 Å². The molecule has 220 valence electrons. The van der Waals surface area contributed by atoms with Gasteiger partial charge in [-0.3, -0.25) is 20.1 Å². The number of hydrogen-bond donors (Lipinski definition) is 2. The largest absolute Gasteiger partial charge is 0.492 e. The summed E-state index contributed by atoms with van der Waals surface area (Å²) in [4.78, 5) is 25.6. The minimum Gasteiger partial charge on any atom is -0.492 e. The van der Waals surface area contributed by atoms with Crippen molar-refractivity contribution in [1.29, 1.82) is 0 Å². The summed E-state index contributed by atoms with van der Waals surface area (Å²) in [7, 11) is 7.92. The van der Waals surface area contributed by atoms with Gasteiger partial charge in [0, 0.05) is 48.1 Å². The summed E-state index contributed by atoms with van der Waals surface area (Å²) in [5.41, 5.74) is 5.57. The lowest BCUT2D eigenvalue weighted by atomic mass is 10.1. The van der Waals surface area contributed by atoms with E-state index in [0.29, 0.717) is 64.9 Å². The van der Waals surface area contributed by atoms with Crippen LogP contribution in [0.4, 0.5) is 4.39 Å². The number of hydrogen-bond acceptors (Lipinski definition) is 9. The maximum Gasteiger partial charge on any atom is 0.159 e. The number of nitrogens with one attached hydrogen (secondary N) is 2. The molecule has 0 atom stereocenters. The number of imidazole rings is 1. The number of rotatable bonds is 11. The third kappa shape index (κ3) is 6.30. The molecule has 0 spiro atoms. The van der Waals surface area contributed by atoms with E-state index in [-0.39, 0.29) is 0 Å². The van der Waals surface area contributed by atoms with Crippen LogP contribution in [0.1, 0.15) is 0 Å². The van der Waals surface area contributed by atoms with Crippen molar-refractivity contribution in [2.24, 2.45) is 0 Å². The molecule has 0 aliphatic rings. The number of aromatic amines is 2. The van der Waals surface area contributed by atoms with Gasteiger partial charge in [0.15, 0.2) is 5.82 Å². The van der Waals surface area contributed by atoms with Gasteiger partial charge in [-0.25, -0.2) is 9.37 Å². The molecule has 5 heterocycles. The van der Waals surface area contributed by atoms with Crippen LogP contribution in [0.15, 0.2) is 61.3 Å². The first-order valence-corrected chi connectivity index (χ1v) is 13.8. The lowest BCUT2D eigenvalue weighted by Crippen LogP contribution is -2.19. The van der Waals surface area contributed by atoms with Crippen LogP contribution < -0.4 is 9.47 Å². The molecule has 0 unspecified atom stereocenters. The third-order valence-corrected chi connectivity index (χ3v) is 6.87. The molecule has 12 heteroatoms. The average molecular weight is 582 g/mol. The summed E-state index contributed by atoms with van der Waals surface area (Å²) in [5, 5.41) is 8.42. The van der Waals surface area contributed by atoms with Gasteiger partial charge >= 0.3 is 0 Å². The third-order valence-electron chi connectivity index (χ3n) is 6.87. The van der Waals surface area contributed by atoms with Gasteiger partial charge in [0.2, 0.25) is 0 Å². The van der Waals surface area contributed by atoms with E-state index in [1.807, 2.05) is 45.2 Å². The van der Waals surface area contributed by atoms with Crippen LogP contribution in [0.3, 0.4) is 0 Å². The summed E-state index contributed by atoms with van der Waals surface area (Å²) in [6, 6.07) is 8.51. The van der Waals surface area contributed by atoms with Crippen molar-refractivity contribution < 1.29 is 13.9 Å². The normalized spacial score (nSPS) is 11.7. The molecule has 11 nitrogen and oxygen atoms in total. The van der Waals surface area contributed by atoms with Crippen LogP contribution >= 0.6 is 0 Å². The topological polar surface area (TPSA) is 121 Å². The summed E-state index contributed by atoms with van der Waals surface area (Å²) >= 11 is 0. The number of aromatic nitrogens is 7. The summed E-state index contributed by atoms with van der Waals surface area (Å²) < 4.78 is 26.3. The summed E-state index contributed by atoms with van der Waals surface area (Å²) in [6.07, 6.45) is 8.55. The number of halogens is 1. The van der Waals surface area contributed by atoms with Gasteiger partial charge < -0.3 is 24.3 Å². The average Bonchev–Trinajstić information content (AvgIpc) is 3.60. The molecule has 0 aliphatic heterocycles. The van der Waals surface area contributed by atoms with E-state index in [1.54, 1.807) is 37.1 Å². The van der Waals surface area contributed by atoms with Crippen molar-refractivity contribution >= 4 is 21.9 Å². The Morgan fingerprint density at radius 1 is 0.767 bits per heavy atom. The first-order chi connectivity index (χ1) is 20.8. The van der Waals surface area contributed by atoms with E-state index in [4.69, 9.17) is 14.5 Å². The van der Waals surface area contributed by atoms with Crippen molar-refractivity contribution in [2.45, 2.75) is 0 Å². The van der Waals surface area contributed by atoms with Gasteiger partial charge in [-0.2, -0.15) is 5.10 Å². The maximum atomic E-state index is 14.6. The Morgan fingerprint density at radius 2 is 1.51 bits per heavy atom. The Balaban J connectivity index is 1.33. The fourth-order valence-electron chi connectivity index (χ4n) is 4.64. The fraction of sp³-hybridized carbons (Fsp3) is 0.258. The molecule has 0 saturated carbocycles. The van der Waals surface area contributed by atoms with Crippen LogP contribution in [0, 0.1) is 5.82 Å². The van der Waals surface area contributed by atoms with Gasteiger partial charge in [-0.05, 0) is 58.0 Å². The fourth-order valence-corrected chi connectivity index (χ4v) is 4.64. The van der Waals surface area contributed by atoms with E-state index in [9.17, 15) is 4.39 Å². The Labute approximate surface area is 247 Å². The zero-order chi connectivity index (χ0) is 29.9. The highest BCUT2D eigenvalue weighted by atomic mass is 19.1. The monoisotopic (exact) mass is 581 g/mol. The number of pyridine rings is 3. The highest BCUT2D eigenvalue weighted by Gasteiger charge is 2.18. The second-order valence-corrected chi connectivity index (χ2v) is 10.7. The molecule has 0 saturated heterocycles. The van der Waals surface area contributed by atoms with Crippen LogP contribution in [0.2, 0.25) is 0 Å². The zero-order valence-electron chi connectivity index (χ0n) is 24.4. The minimum absolute atomic E-state index is 0.398. The lowest BCUT2D eigenvalue weighted by Gasteiger charge is -2.12. The second-order valence-electron chi connectivity index (χ2n) is 10.7. The SMILES string of the molecule is CN(C)CCOc1cncc(-c2cc3c(-c4nc5c(-c6cc(F)cc(OCCN(C)C)c6)cncc5[nH]4)n[nH]c3cn2)c1. The first-order valence-electron chi connectivity index (χ1n) is 13.8. The summed E-state index contributed by atoms with van der Waals surface area (Å²) in [6.45, 7) is 2.51. The van der Waals surface area contributed by atoms with Gasteiger partial charge in [0.1, 0.15) is 36.2 Å². The smallest absolute Gasteiger partial charge is 0.159 e. The van der Waals surface area contributed by atoms with Crippen molar-refractivity contribution in [2.75, 3.05) is 54.5 Å². The van der Waals surface area contributed by atoms with Crippen LogP contribution in [0.5, 0.6) is 11.5 Å². The van der Waals surface area contributed by atoms with Crippen LogP contribution in [-0.2, 0) is 0 Å². The molecule has 2 N–H and O–H groups in total. The van der Waals surface area contributed by atoms with E-state index >= 15 is 0 Å². The van der Waals surface area contributed by atoms with E-state index < -0.39 is 5.82 Å². The van der Waals surface area contributed by atoms with E-state index in [2.05, 4.69) is 35.0 Å². The highest BCUT2D eigenvalue weighted by molar-refractivity contribution is 5.97. The zero-order valence-corrected chi connectivity index (χ0v) is 24.4. The van der Waals surface area contributed by atoms with E-state index in [0.717, 1.165) is 28.7 Å². The summed E-state index contributed by atoms with van der Waals surface area (Å²) in [5.74, 6) is 1.27. The molecule has 43 heavy (non-hydrogen) atoms. The molecular formula is C31H32FN9O2. The molecule has 0 radical (unpaired) electrons. The minimum atomic E-state index is -0.398. The number of nitrogens with zero attached hydrogens (tertiary/aromatic N) is 7. The molecule has 0 amide bonds. The van der Waals surface area contributed by atoms with Crippen molar-refractivity contribution in [3.63, 3.8) is 0 Å². The van der Waals surface area contributed by atoms with Crippen molar-refractivity contribution in [3.05, 3.63) is 67.1 Å².